The van der Waals surface area contributed by atoms with E-state index >= 15 is 0 Å². The lowest BCUT2D eigenvalue weighted by atomic mass is 9.99. The van der Waals surface area contributed by atoms with Crippen LogP contribution in [0.15, 0.2) is 12.1 Å². The molecule has 6 heteroatoms. The van der Waals surface area contributed by atoms with Crippen LogP contribution in [0.2, 0.25) is 10.2 Å². The van der Waals surface area contributed by atoms with Gasteiger partial charge in [-0.05, 0) is 37.8 Å². The highest BCUT2D eigenvalue weighted by atomic mass is 35.5. The lowest BCUT2D eigenvalue weighted by Crippen LogP contribution is -2.48. The largest absolute Gasteiger partial charge is 0.393 e. The van der Waals surface area contributed by atoms with E-state index in [2.05, 4.69) is 4.98 Å². The molecule has 2 bridgehead atoms. The van der Waals surface area contributed by atoms with Gasteiger partial charge in [0.1, 0.15) is 10.8 Å². The third-order valence-electron chi connectivity index (χ3n) is 3.96. The number of piperidine rings is 1. The molecular weight excluding hydrogens is 287 g/mol. The van der Waals surface area contributed by atoms with E-state index in [0.29, 0.717) is 17.9 Å². The van der Waals surface area contributed by atoms with E-state index < -0.39 is 0 Å². The molecule has 0 aromatic carbocycles. The molecule has 1 aromatic heterocycles. The smallest absolute Gasteiger partial charge is 0.274 e. The molecule has 3 heterocycles. The van der Waals surface area contributed by atoms with Crippen molar-refractivity contribution in [3.63, 3.8) is 0 Å². The molecular formula is C13H14Cl2N2O2. The molecule has 2 aliphatic heterocycles. The number of pyridine rings is 1. The molecule has 4 nitrogen and oxygen atoms in total. The predicted octanol–water partition coefficient (Wildman–Crippen LogP) is 2.52. The number of aliphatic hydroxyl groups excluding tert-OH is 1. The fraction of sp³-hybridized carbons (Fsp3) is 0.538. The topological polar surface area (TPSA) is 53.4 Å². The number of amides is 1. The maximum absolute atomic E-state index is 12.6. The number of hydrogen-bond acceptors (Lipinski definition) is 3. The number of aliphatic hydroxyl groups is 1. The van der Waals surface area contributed by atoms with E-state index in [1.54, 1.807) is 12.1 Å². The van der Waals surface area contributed by atoms with Crippen molar-refractivity contribution in [2.24, 2.45) is 0 Å². The van der Waals surface area contributed by atoms with Gasteiger partial charge < -0.3 is 10.0 Å². The Labute approximate surface area is 121 Å². The van der Waals surface area contributed by atoms with Crippen LogP contribution in [0.25, 0.3) is 0 Å². The molecule has 2 saturated heterocycles. The summed E-state index contributed by atoms with van der Waals surface area (Å²) in [4.78, 5) is 18.5. The van der Waals surface area contributed by atoms with Crippen LogP contribution >= 0.6 is 23.2 Å². The Kier molecular flexibility index (Phi) is 3.41. The van der Waals surface area contributed by atoms with Crippen LogP contribution < -0.4 is 0 Å². The Hall–Kier alpha value is -0.840. The van der Waals surface area contributed by atoms with Crippen LogP contribution in [-0.4, -0.2) is 39.1 Å². The number of halogens is 2. The molecule has 1 amide bonds. The van der Waals surface area contributed by atoms with Gasteiger partial charge in [0.15, 0.2) is 0 Å². The van der Waals surface area contributed by atoms with Gasteiger partial charge in [-0.25, -0.2) is 4.98 Å². The van der Waals surface area contributed by atoms with Gasteiger partial charge in [0.25, 0.3) is 5.91 Å². The maximum atomic E-state index is 12.6. The van der Waals surface area contributed by atoms with E-state index in [-0.39, 0.29) is 34.9 Å². The minimum absolute atomic E-state index is 0.0955. The van der Waals surface area contributed by atoms with Gasteiger partial charge in [-0.3, -0.25) is 4.79 Å². The first-order valence-corrected chi connectivity index (χ1v) is 7.14. The van der Waals surface area contributed by atoms with Crippen molar-refractivity contribution in [3.05, 3.63) is 28.0 Å². The number of fused-ring (bicyclic) bond motifs is 2. The summed E-state index contributed by atoms with van der Waals surface area (Å²) in [6, 6.07) is 3.34. The molecule has 2 aliphatic rings. The highest BCUT2D eigenvalue weighted by Gasteiger charge is 2.43. The van der Waals surface area contributed by atoms with Crippen molar-refractivity contribution < 1.29 is 9.90 Å². The van der Waals surface area contributed by atoms with E-state index in [0.717, 1.165) is 12.8 Å². The van der Waals surface area contributed by atoms with Gasteiger partial charge in [0, 0.05) is 12.1 Å². The molecule has 0 aliphatic carbocycles. The van der Waals surface area contributed by atoms with Crippen LogP contribution in [0.5, 0.6) is 0 Å². The molecule has 19 heavy (non-hydrogen) atoms. The van der Waals surface area contributed by atoms with Gasteiger partial charge >= 0.3 is 0 Å². The second kappa shape index (κ2) is 4.93. The first-order chi connectivity index (χ1) is 9.06. The fourth-order valence-corrected chi connectivity index (χ4v) is 3.50. The van der Waals surface area contributed by atoms with Crippen molar-refractivity contribution >= 4 is 29.1 Å². The first-order valence-electron chi connectivity index (χ1n) is 6.39. The minimum atomic E-state index is -0.302. The lowest BCUT2D eigenvalue weighted by molar-refractivity contribution is 0.0282. The number of rotatable bonds is 1. The van der Waals surface area contributed by atoms with Crippen molar-refractivity contribution in [1.82, 2.24) is 9.88 Å². The molecule has 2 unspecified atom stereocenters. The Morgan fingerprint density at radius 3 is 2.53 bits per heavy atom. The zero-order valence-corrected chi connectivity index (χ0v) is 11.7. The summed E-state index contributed by atoms with van der Waals surface area (Å²) < 4.78 is 0. The summed E-state index contributed by atoms with van der Waals surface area (Å²) in [5.41, 5.74) is 0.211. The molecule has 0 saturated carbocycles. The molecule has 0 radical (unpaired) electrons. The molecule has 102 valence electrons. The summed E-state index contributed by atoms with van der Waals surface area (Å²) in [5.74, 6) is -0.174. The standard InChI is InChI=1S/C13H14Cl2N2O2/c14-10-3-4-11(15)16-12(10)13(19)17-7-1-2-8(17)6-9(18)5-7/h3-4,7-9,18H,1-2,5-6H2. The highest BCUT2D eigenvalue weighted by Crippen LogP contribution is 2.37. The highest BCUT2D eigenvalue weighted by molar-refractivity contribution is 6.34. The summed E-state index contributed by atoms with van der Waals surface area (Å²) in [6.45, 7) is 0. The predicted molar refractivity (Wildman–Crippen MR) is 72.5 cm³/mol. The lowest BCUT2D eigenvalue weighted by Gasteiger charge is -2.37. The third-order valence-corrected chi connectivity index (χ3v) is 4.47. The first kappa shape index (κ1) is 13.2. The van der Waals surface area contributed by atoms with Gasteiger partial charge in [0.05, 0.1) is 11.1 Å². The van der Waals surface area contributed by atoms with Gasteiger partial charge in [-0.2, -0.15) is 0 Å². The summed E-state index contributed by atoms with van der Waals surface area (Å²) in [7, 11) is 0. The number of hydrogen-bond donors (Lipinski definition) is 1. The third kappa shape index (κ3) is 2.33. The minimum Gasteiger partial charge on any atom is -0.393 e. The number of aromatic nitrogens is 1. The van der Waals surface area contributed by atoms with Crippen LogP contribution in [0.4, 0.5) is 0 Å². The van der Waals surface area contributed by atoms with Gasteiger partial charge in [0.2, 0.25) is 0 Å². The normalized spacial score (nSPS) is 29.6. The van der Waals surface area contributed by atoms with E-state index in [9.17, 15) is 9.90 Å². The zero-order valence-electron chi connectivity index (χ0n) is 10.2. The molecule has 2 fully saturated rings. The number of carbonyl (C=O) groups excluding carboxylic acids is 1. The van der Waals surface area contributed by atoms with Crippen LogP contribution in [0.3, 0.4) is 0 Å². The quantitative estimate of drug-likeness (QED) is 0.811. The summed E-state index contributed by atoms with van der Waals surface area (Å²) in [6.07, 6.45) is 2.85. The fourth-order valence-electron chi connectivity index (χ4n) is 3.17. The van der Waals surface area contributed by atoms with Crippen molar-refractivity contribution in [1.29, 1.82) is 0 Å². The average Bonchev–Trinajstić information content (AvgIpc) is 2.64. The van der Waals surface area contributed by atoms with E-state index in [1.807, 2.05) is 4.90 Å². The van der Waals surface area contributed by atoms with Gasteiger partial charge in [-0.1, -0.05) is 23.2 Å². The Morgan fingerprint density at radius 1 is 1.26 bits per heavy atom. The van der Waals surface area contributed by atoms with Crippen LogP contribution in [0.1, 0.15) is 36.2 Å². The monoisotopic (exact) mass is 300 g/mol. The zero-order chi connectivity index (χ0) is 13.6. The second-order valence-electron chi connectivity index (χ2n) is 5.19. The van der Waals surface area contributed by atoms with Crippen LogP contribution in [-0.2, 0) is 0 Å². The van der Waals surface area contributed by atoms with Crippen LogP contribution in [0, 0.1) is 0 Å². The molecule has 1 N–H and O–H groups in total. The molecule has 0 spiro atoms. The van der Waals surface area contributed by atoms with Crippen molar-refractivity contribution in [3.8, 4) is 0 Å². The number of carbonyl (C=O) groups is 1. The molecule has 2 atom stereocenters. The Morgan fingerprint density at radius 2 is 1.89 bits per heavy atom. The summed E-state index contributed by atoms with van der Waals surface area (Å²) >= 11 is 11.9. The molecule has 1 aromatic rings. The summed E-state index contributed by atoms with van der Waals surface area (Å²) in [5, 5.41) is 10.3. The van der Waals surface area contributed by atoms with E-state index in [1.165, 1.54) is 0 Å². The molecule has 3 rings (SSSR count). The Bertz CT molecular complexity index is 509. The average molecular weight is 301 g/mol. The van der Waals surface area contributed by atoms with Gasteiger partial charge in [-0.15, -0.1) is 0 Å². The SMILES string of the molecule is O=C(c1nc(Cl)ccc1Cl)N1C2CCC1CC(O)C2. The number of nitrogens with zero attached hydrogens (tertiary/aromatic N) is 2. The Balaban J connectivity index is 1.90. The van der Waals surface area contributed by atoms with E-state index in [4.69, 9.17) is 23.2 Å². The van der Waals surface area contributed by atoms with Crippen molar-refractivity contribution in [2.75, 3.05) is 0 Å². The van der Waals surface area contributed by atoms with Crippen molar-refractivity contribution in [2.45, 2.75) is 43.9 Å². The maximum Gasteiger partial charge on any atom is 0.274 e. The second-order valence-corrected chi connectivity index (χ2v) is 5.98.